The van der Waals surface area contributed by atoms with Crippen molar-refractivity contribution in [3.8, 4) is 0 Å². The highest BCUT2D eigenvalue weighted by molar-refractivity contribution is 9.09. The molecule has 2 unspecified atom stereocenters. The standard InChI is InChI=1S/C10H14BrN3O/c11-8-2-1-7(5-8)6-12-10(15)9-3-4-13-14-9/h3-4,7-8H,1-2,5-6H2,(H,12,15)(H,13,14). The van der Waals surface area contributed by atoms with E-state index in [1.165, 1.54) is 12.8 Å². The van der Waals surface area contributed by atoms with Gasteiger partial charge >= 0.3 is 0 Å². The van der Waals surface area contributed by atoms with Crippen LogP contribution in [0, 0.1) is 5.92 Å². The second-order valence-corrected chi connectivity index (χ2v) is 5.25. The van der Waals surface area contributed by atoms with Crippen molar-refractivity contribution in [1.82, 2.24) is 15.5 Å². The van der Waals surface area contributed by atoms with E-state index in [0.717, 1.165) is 13.0 Å². The minimum atomic E-state index is -0.0643. The van der Waals surface area contributed by atoms with Crippen molar-refractivity contribution in [1.29, 1.82) is 0 Å². The first-order chi connectivity index (χ1) is 7.25. The molecule has 1 saturated carbocycles. The molecule has 0 radical (unpaired) electrons. The Balaban J connectivity index is 1.76. The van der Waals surface area contributed by atoms with Gasteiger partial charge in [-0.1, -0.05) is 15.9 Å². The molecule has 1 amide bonds. The molecule has 2 atom stereocenters. The van der Waals surface area contributed by atoms with Gasteiger partial charge < -0.3 is 5.32 Å². The number of aromatic nitrogens is 2. The Kier molecular flexibility index (Phi) is 3.41. The van der Waals surface area contributed by atoms with Crippen LogP contribution in [0.4, 0.5) is 0 Å². The van der Waals surface area contributed by atoms with Crippen LogP contribution in [-0.2, 0) is 0 Å². The fourth-order valence-electron chi connectivity index (χ4n) is 1.91. The molecule has 0 spiro atoms. The molecule has 1 aliphatic rings. The number of H-pyrrole nitrogens is 1. The Morgan fingerprint density at radius 1 is 1.67 bits per heavy atom. The predicted molar refractivity (Wildman–Crippen MR) is 61.0 cm³/mol. The summed E-state index contributed by atoms with van der Waals surface area (Å²) in [5, 5.41) is 9.31. The zero-order chi connectivity index (χ0) is 10.7. The fourth-order valence-corrected chi connectivity index (χ4v) is 2.71. The zero-order valence-corrected chi connectivity index (χ0v) is 9.96. The lowest BCUT2D eigenvalue weighted by Crippen LogP contribution is -2.28. The van der Waals surface area contributed by atoms with Gasteiger partial charge in [0.2, 0.25) is 0 Å². The van der Waals surface area contributed by atoms with Gasteiger partial charge in [-0.25, -0.2) is 0 Å². The third-order valence-corrected chi connectivity index (χ3v) is 3.61. The van der Waals surface area contributed by atoms with Crippen LogP contribution >= 0.6 is 15.9 Å². The Bertz CT molecular complexity index is 325. The highest BCUT2D eigenvalue weighted by Crippen LogP contribution is 2.29. The molecule has 15 heavy (non-hydrogen) atoms. The van der Waals surface area contributed by atoms with E-state index in [0.29, 0.717) is 16.4 Å². The molecule has 1 aromatic rings. The summed E-state index contributed by atoms with van der Waals surface area (Å²) in [4.78, 5) is 12.2. The summed E-state index contributed by atoms with van der Waals surface area (Å²) in [5.74, 6) is 0.548. The molecular formula is C10H14BrN3O. The van der Waals surface area contributed by atoms with Crippen molar-refractivity contribution >= 4 is 21.8 Å². The lowest BCUT2D eigenvalue weighted by molar-refractivity contribution is 0.0942. The maximum atomic E-state index is 11.5. The number of nitrogens with one attached hydrogen (secondary N) is 2. The van der Waals surface area contributed by atoms with Gasteiger partial charge in [0.05, 0.1) is 0 Å². The highest BCUT2D eigenvalue weighted by Gasteiger charge is 2.22. The number of carbonyl (C=O) groups is 1. The van der Waals surface area contributed by atoms with E-state index in [4.69, 9.17) is 0 Å². The van der Waals surface area contributed by atoms with Crippen LogP contribution in [-0.4, -0.2) is 27.5 Å². The molecule has 82 valence electrons. The molecule has 1 heterocycles. The van der Waals surface area contributed by atoms with Gasteiger partial charge in [-0.05, 0) is 31.2 Å². The monoisotopic (exact) mass is 271 g/mol. The zero-order valence-electron chi connectivity index (χ0n) is 8.37. The normalized spacial score (nSPS) is 25.4. The number of alkyl halides is 1. The quantitative estimate of drug-likeness (QED) is 0.823. The summed E-state index contributed by atoms with van der Waals surface area (Å²) in [6.07, 6.45) is 5.14. The average Bonchev–Trinajstić information content (AvgIpc) is 2.84. The van der Waals surface area contributed by atoms with Crippen molar-refractivity contribution in [3.05, 3.63) is 18.0 Å². The molecule has 0 saturated heterocycles. The van der Waals surface area contributed by atoms with Crippen molar-refractivity contribution < 1.29 is 4.79 Å². The smallest absolute Gasteiger partial charge is 0.269 e. The van der Waals surface area contributed by atoms with E-state index in [1.807, 2.05) is 0 Å². The van der Waals surface area contributed by atoms with E-state index < -0.39 is 0 Å². The van der Waals surface area contributed by atoms with Crippen LogP contribution in [0.1, 0.15) is 29.8 Å². The lowest BCUT2D eigenvalue weighted by Gasteiger charge is -2.09. The van der Waals surface area contributed by atoms with Gasteiger partial charge in [-0.2, -0.15) is 5.10 Å². The molecule has 5 heteroatoms. The fraction of sp³-hybridized carbons (Fsp3) is 0.600. The minimum Gasteiger partial charge on any atom is -0.350 e. The SMILES string of the molecule is O=C(NCC1CCC(Br)C1)c1ccn[nH]1. The van der Waals surface area contributed by atoms with Crippen LogP contribution in [0.5, 0.6) is 0 Å². The minimum absolute atomic E-state index is 0.0643. The molecule has 2 rings (SSSR count). The first-order valence-corrected chi connectivity index (χ1v) is 6.09. The summed E-state index contributed by atoms with van der Waals surface area (Å²) in [6.45, 7) is 0.764. The van der Waals surface area contributed by atoms with Gasteiger partial charge in [0.25, 0.3) is 5.91 Å². The Labute approximate surface area is 97.0 Å². The van der Waals surface area contributed by atoms with Crippen LogP contribution in [0.3, 0.4) is 0 Å². The Morgan fingerprint density at radius 3 is 3.13 bits per heavy atom. The van der Waals surface area contributed by atoms with Crippen LogP contribution in [0.15, 0.2) is 12.3 Å². The number of halogens is 1. The van der Waals surface area contributed by atoms with Crippen molar-refractivity contribution in [2.24, 2.45) is 5.92 Å². The Hall–Kier alpha value is -0.840. The predicted octanol–water partition coefficient (Wildman–Crippen LogP) is 1.70. The van der Waals surface area contributed by atoms with Gasteiger partial charge in [-0.3, -0.25) is 9.89 Å². The second kappa shape index (κ2) is 4.79. The molecule has 1 aliphatic carbocycles. The molecule has 2 N–H and O–H groups in total. The van der Waals surface area contributed by atoms with Crippen molar-refractivity contribution in [2.45, 2.75) is 24.1 Å². The number of hydrogen-bond donors (Lipinski definition) is 2. The maximum Gasteiger partial charge on any atom is 0.269 e. The number of amides is 1. The van der Waals surface area contributed by atoms with E-state index >= 15 is 0 Å². The average molecular weight is 272 g/mol. The summed E-state index contributed by atoms with van der Waals surface area (Å²) < 4.78 is 0. The van der Waals surface area contributed by atoms with Crippen molar-refractivity contribution in [2.75, 3.05) is 6.54 Å². The summed E-state index contributed by atoms with van der Waals surface area (Å²) in [5.41, 5.74) is 0.531. The molecule has 4 nitrogen and oxygen atoms in total. The number of rotatable bonds is 3. The summed E-state index contributed by atoms with van der Waals surface area (Å²) >= 11 is 3.60. The first kappa shape index (κ1) is 10.7. The lowest BCUT2D eigenvalue weighted by atomic mass is 10.1. The summed E-state index contributed by atoms with van der Waals surface area (Å²) in [6, 6.07) is 1.68. The molecule has 0 aliphatic heterocycles. The second-order valence-electron chi connectivity index (χ2n) is 3.96. The van der Waals surface area contributed by atoms with Crippen LogP contribution in [0.2, 0.25) is 0 Å². The molecule has 1 fully saturated rings. The van der Waals surface area contributed by atoms with Gasteiger partial charge in [0, 0.05) is 17.6 Å². The van der Waals surface area contributed by atoms with Crippen LogP contribution < -0.4 is 5.32 Å². The maximum absolute atomic E-state index is 11.5. The molecule has 0 bridgehead atoms. The molecular weight excluding hydrogens is 258 g/mol. The third kappa shape index (κ3) is 2.81. The van der Waals surface area contributed by atoms with E-state index in [1.54, 1.807) is 12.3 Å². The number of nitrogens with zero attached hydrogens (tertiary/aromatic N) is 1. The van der Waals surface area contributed by atoms with Gasteiger partial charge in [0.1, 0.15) is 5.69 Å². The first-order valence-electron chi connectivity index (χ1n) is 5.17. The van der Waals surface area contributed by atoms with Crippen molar-refractivity contribution in [3.63, 3.8) is 0 Å². The highest BCUT2D eigenvalue weighted by atomic mass is 79.9. The Morgan fingerprint density at radius 2 is 2.53 bits per heavy atom. The molecule has 1 aromatic heterocycles. The summed E-state index contributed by atoms with van der Waals surface area (Å²) in [7, 11) is 0. The van der Waals surface area contributed by atoms with Crippen LogP contribution in [0.25, 0.3) is 0 Å². The van der Waals surface area contributed by atoms with Gasteiger partial charge in [-0.15, -0.1) is 0 Å². The largest absolute Gasteiger partial charge is 0.350 e. The van der Waals surface area contributed by atoms with E-state index in [9.17, 15) is 4.79 Å². The van der Waals surface area contributed by atoms with Gasteiger partial charge in [0.15, 0.2) is 0 Å². The molecule has 0 aromatic carbocycles. The number of hydrogen-bond acceptors (Lipinski definition) is 2. The van der Waals surface area contributed by atoms with E-state index in [2.05, 4.69) is 31.4 Å². The van der Waals surface area contributed by atoms with E-state index in [-0.39, 0.29) is 5.91 Å². The number of carbonyl (C=O) groups excluding carboxylic acids is 1. The topological polar surface area (TPSA) is 57.8 Å². The number of aromatic amines is 1. The third-order valence-electron chi connectivity index (χ3n) is 2.77.